The first-order valence-electron chi connectivity index (χ1n) is 6.90. The Morgan fingerprint density at radius 2 is 2.05 bits per heavy atom. The molecule has 2 unspecified atom stereocenters. The molecule has 0 bridgehead atoms. The Labute approximate surface area is 119 Å². The fraction of sp³-hybridized carbons (Fsp3) is 0.533. The molecule has 0 radical (unpaired) electrons. The van der Waals surface area contributed by atoms with Crippen molar-refractivity contribution in [2.45, 2.75) is 44.7 Å². The lowest BCUT2D eigenvalue weighted by molar-refractivity contribution is -0.127. The summed E-state index contributed by atoms with van der Waals surface area (Å²) in [6.45, 7) is 1.95. The van der Waals surface area contributed by atoms with Gasteiger partial charge in [0.2, 0.25) is 5.91 Å². The Bertz CT molecular complexity index is 450. The maximum Gasteiger partial charge on any atom is 0.225 e. The Balaban J connectivity index is 2.00. The van der Waals surface area contributed by atoms with Crippen LogP contribution in [-0.2, 0) is 4.79 Å². The van der Waals surface area contributed by atoms with E-state index in [2.05, 4.69) is 5.32 Å². The van der Waals surface area contributed by atoms with Crippen LogP contribution in [0.5, 0.6) is 0 Å². The summed E-state index contributed by atoms with van der Waals surface area (Å²) < 4.78 is 0. The molecule has 2 rings (SSSR count). The first-order chi connectivity index (χ1) is 9.09. The molecule has 104 valence electrons. The fourth-order valence-corrected chi connectivity index (χ4v) is 3.01. The van der Waals surface area contributed by atoms with E-state index in [1.165, 1.54) is 0 Å². The second-order valence-corrected chi connectivity index (χ2v) is 5.71. The van der Waals surface area contributed by atoms with Crippen LogP contribution in [0.1, 0.15) is 44.2 Å². The van der Waals surface area contributed by atoms with Crippen molar-refractivity contribution in [3.8, 4) is 0 Å². The average Bonchev–Trinajstić information content (AvgIpc) is 2.39. The number of amides is 1. The molecule has 0 heterocycles. The zero-order valence-electron chi connectivity index (χ0n) is 11.2. The topological polar surface area (TPSA) is 55.1 Å². The molecule has 0 aliphatic heterocycles. The van der Waals surface area contributed by atoms with E-state index in [9.17, 15) is 4.79 Å². The predicted molar refractivity (Wildman–Crippen MR) is 77.9 cm³/mol. The van der Waals surface area contributed by atoms with Gasteiger partial charge in [0.1, 0.15) is 0 Å². The number of nitrogens with one attached hydrogen (secondary N) is 1. The van der Waals surface area contributed by atoms with Crippen LogP contribution in [0.15, 0.2) is 24.3 Å². The minimum atomic E-state index is -0.0877. The third-order valence-electron chi connectivity index (χ3n) is 3.89. The lowest BCUT2D eigenvalue weighted by Crippen LogP contribution is -2.44. The lowest BCUT2D eigenvalue weighted by atomic mass is 9.84. The molecule has 1 amide bonds. The van der Waals surface area contributed by atoms with Gasteiger partial charge in [0.15, 0.2) is 0 Å². The van der Waals surface area contributed by atoms with Gasteiger partial charge in [0, 0.05) is 11.1 Å². The summed E-state index contributed by atoms with van der Waals surface area (Å²) in [5.41, 5.74) is 6.98. The van der Waals surface area contributed by atoms with E-state index in [4.69, 9.17) is 17.3 Å². The molecule has 1 aliphatic rings. The van der Waals surface area contributed by atoms with Crippen LogP contribution in [-0.4, -0.2) is 11.9 Å². The molecule has 0 saturated heterocycles. The van der Waals surface area contributed by atoms with Crippen LogP contribution in [0.2, 0.25) is 5.02 Å². The monoisotopic (exact) mass is 280 g/mol. The largest absolute Gasteiger partial charge is 0.349 e. The molecule has 0 spiro atoms. The Morgan fingerprint density at radius 3 is 2.74 bits per heavy atom. The standard InChI is InChI=1S/C15H21ClN2O/c1-10(11-6-2-4-8-13(11)16)18-15(19)12-7-3-5-9-14(12)17/h2,4,6,8,10,12,14H,3,5,7,9,17H2,1H3,(H,18,19)/t10-,12?,14?/m0/s1. The van der Waals surface area contributed by atoms with Crippen LogP contribution in [0, 0.1) is 5.92 Å². The van der Waals surface area contributed by atoms with E-state index in [-0.39, 0.29) is 23.9 Å². The summed E-state index contributed by atoms with van der Waals surface area (Å²) >= 11 is 6.14. The van der Waals surface area contributed by atoms with Crippen molar-refractivity contribution in [1.29, 1.82) is 0 Å². The van der Waals surface area contributed by atoms with Gasteiger partial charge in [-0.15, -0.1) is 0 Å². The molecule has 0 aromatic heterocycles. The van der Waals surface area contributed by atoms with Crippen molar-refractivity contribution < 1.29 is 4.79 Å². The average molecular weight is 281 g/mol. The number of hydrogen-bond donors (Lipinski definition) is 2. The summed E-state index contributed by atoms with van der Waals surface area (Å²) in [5, 5.41) is 3.72. The van der Waals surface area contributed by atoms with E-state index < -0.39 is 0 Å². The molecule has 1 aromatic carbocycles. The van der Waals surface area contributed by atoms with E-state index >= 15 is 0 Å². The highest BCUT2D eigenvalue weighted by Crippen LogP contribution is 2.26. The quantitative estimate of drug-likeness (QED) is 0.894. The van der Waals surface area contributed by atoms with Crippen molar-refractivity contribution in [3.05, 3.63) is 34.9 Å². The van der Waals surface area contributed by atoms with Crippen LogP contribution in [0.3, 0.4) is 0 Å². The number of halogens is 1. The summed E-state index contributed by atoms with van der Waals surface area (Å²) in [6, 6.07) is 7.50. The maximum absolute atomic E-state index is 12.3. The highest BCUT2D eigenvalue weighted by atomic mass is 35.5. The van der Waals surface area contributed by atoms with E-state index in [0.717, 1.165) is 31.2 Å². The van der Waals surface area contributed by atoms with Crippen LogP contribution in [0.25, 0.3) is 0 Å². The highest BCUT2D eigenvalue weighted by molar-refractivity contribution is 6.31. The fourth-order valence-electron chi connectivity index (χ4n) is 2.71. The molecule has 4 heteroatoms. The number of carbonyl (C=O) groups excluding carboxylic acids is 1. The SMILES string of the molecule is C[C@H](NC(=O)C1CCCCC1N)c1ccccc1Cl. The molecular formula is C15H21ClN2O. The smallest absolute Gasteiger partial charge is 0.225 e. The number of carbonyl (C=O) groups is 1. The normalized spacial score (nSPS) is 24.8. The molecule has 3 atom stereocenters. The zero-order chi connectivity index (χ0) is 13.8. The summed E-state index contributed by atoms with van der Waals surface area (Å²) in [6.07, 6.45) is 4.05. The number of rotatable bonds is 3. The van der Waals surface area contributed by atoms with Crippen LogP contribution < -0.4 is 11.1 Å². The van der Waals surface area contributed by atoms with Crippen molar-refractivity contribution in [3.63, 3.8) is 0 Å². The van der Waals surface area contributed by atoms with Gasteiger partial charge >= 0.3 is 0 Å². The summed E-state index contributed by atoms with van der Waals surface area (Å²) in [7, 11) is 0. The van der Waals surface area contributed by atoms with E-state index in [1.54, 1.807) is 0 Å². The van der Waals surface area contributed by atoms with E-state index in [1.807, 2.05) is 31.2 Å². The highest BCUT2D eigenvalue weighted by Gasteiger charge is 2.29. The van der Waals surface area contributed by atoms with Gasteiger partial charge in [0.05, 0.1) is 12.0 Å². The maximum atomic E-state index is 12.3. The summed E-state index contributed by atoms with van der Waals surface area (Å²) in [4.78, 5) is 12.3. The number of nitrogens with two attached hydrogens (primary N) is 1. The minimum absolute atomic E-state index is 0.00723. The zero-order valence-corrected chi connectivity index (χ0v) is 12.0. The van der Waals surface area contributed by atoms with Crippen molar-refractivity contribution in [2.24, 2.45) is 11.7 Å². The molecular weight excluding hydrogens is 260 g/mol. The van der Waals surface area contributed by atoms with Crippen molar-refractivity contribution in [2.75, 3.05) is 0 Å². The third-order valence-corrected chi connectivity index (χ3v) is 4.23. The van der Waals surface area contributed by atoms with Crippen molar-refractivity contribution in [1.82, 2.24) is 5.32 Å². The van der Waals surface area contributed by atoms with Gasteiger partial charge in [0.25, 0.3) is 0 Å². The van der Waals surface area contributed by atoms with Gasteiger partial charge in [-0.2, -0.15) is 0 Å². The van der Waals surface area contributed by atoms with Gasteiger partial charge in [-0.05, 0) is 31.4 Å². The second kappa shape index (κ2) is 6.40. The first-order valence-corrected chi connectivity index (χ1v) is 7.27. The van der Waals surface area contributed by atoms with Crippen LogP contribution in [0.4, 0.5) is 0 Å². The molecule has 3 nitrogen and oxygen atoms in total. The molecule has 19 heavy (non-hydrogen) atoms. The Kier molecular flexibility index (Phi) is 4.83. The third kappa shape index (κ3) is 3.48. The van der Waals surface area contributed by atoms with Gasteiger partial charge in [-0.25, -0.2) is 0 Å². The predicted octanol–water partition coefficient (Wildman–Crippen LogP) is 3.03. The van der Waals surface area contributed by atoms with Crippen LogP contribution >= 0.6 is 11.6 Å². The second-order valence-electron chi connectivity index (χ2n) is 5.31. The molecule has 1 aromatic rings. The first kappa shape index (κ1) is 14.4. The van der Waals surface area contributed by atoms with Gasteiger partial charge in [-0.1, -0.05) is 42.6 Å². The molecule has 1 fully saturated rings. The number of benzene rings is 1. The van der Waals surface area contributed by atoms with Gasteiger partial charge in [-0.3, -0.25) is 4.79 Å². The van der Waals surface area contributed by atoms with Crippen molar-refractivity contribution >= 4 is 17.5 Å². The molecule has 1 aliphatic carbocycles. The molecule has 3 N–H and O–H groups in total. The summed E-state index contributed by atoms with van der Waals surface area (Å²) in [5.74, 6) is -0.00157. The Hall–Kier alpha value is -1.06. The number of hydrogen-bond acceptors (Lipinski definition) is 2. The lowest BCUT2D eigenvalue weighted by Gasteiger charge is -2.29. The van der Waals surface area contributed by atoms with Gasteiger partial charge < -0.3 is 11.1 Å². The minimum Gasteiger partial charge on any atom is -0.349 e. The van der Waals surface area contributed by atoms with E-state index in [0.29, 0.717) is 5.02 Å². The molecule has 1 saturated carbocycles. The Morgan fingerprint density at radius 1 is 1.37 bits per heavy atom.